The molecule has 2 heterocycles. The molecule has 0 fully saturated rings. The van der Waals surface area contributed by atoms with Gasteiger partial charge >= 0.3 is 5.69 Å². The molecule has 0 amide bonds. The summed E-state index contributed by atoms with van der Waals surface area (Å²) in [4.78, 5) is 29.6. The maximum Gasteiger partial charge on any atom is 0.332 e. The van der Waals surface area contributed by atoms with Gasteiger partial charge in [-0.1, -0.05) is 6.92 Å². The summed E-state index contributed by atoms with van der Waals surface area (Å²) in [7, 11) is 1.64. The predicted octanol–water partition coefficient (Wildman–Crippen LogP) is 0.216. The number of aromatic nitrogens is 4. The van der Waals surface area contributed by atoms with E-state index in [-0.39, 0.29) is 17.8 Å². The molecule has 7 nitrogen and oxygen atoms in total. The van der Waals surface area contributed by atoms with Gasteiger partial charge in [0.1, 0.15) is 5.82 Å². The van der Waals surface area contributed by atoms with Crippen molar-refractivity contribution < 1.29 is 0 Å². The molecular weight excluding hydrogens is 270 g/mol. The Labute approximate surface area is 123 Å². The molecule has 0 saturated carbocycles. The third-order valence-electron chi connectivity index (χ3n) is 3.51. The van der Waals surface area contributed by atoms with Crippen LogP contribution in [0.15, 0.2) is 9.59 Å². The minimum Gasteiger partial charge on any atom is -0.324 e. The van der Waals surface area contributed by atoms with E-state index in [1.807, 2.05) is 18.4 Å². The van der Waals surface area contributed by atoms with Gasteiger partial charge in [-0.3, -0.25) is 13.9 Å². The Hall–Kier alpha value is -1.89. The molecule has 116 valence electrons. The molecular formula is C14H23N5O2. The predicted molar refractivity (Wildman–Crippen MR) is 82.6 cm³/mol. The zero-order valence-corrected chi connectivity index (χ0v) is 13.3. The van der Waals surface area contributed by atoms with Crippen LogP contribution in [0.2, 0.25) is 0 Å². The number of fused-ring (bicyclic) bond motifs is 1. The molecule has 2 aromatic heterocycles. The summed E-state index contributed by atoms with van der Waals surface area (Å²) >= 11 is 0. The molecule has 2 N–H and O–H groups in total. The molecule has 0 aromatic carbocycles. The fourth-order valence-electron chi connectivity index (χ4n) is 2.57. The zero-order chi connectivity index (χ0) is 15.9. The molecule has 2 aromatic rings. The van der Waals surface area contributed by atoms with Crippen LogP contribution in [0.3, 0.4) is 0 Å². The highest BCUT2D eigenvalue weighted by molar-refractivity contribution is 5.71. The van der Waals surface area contributed by atoms with Crippen LogP contribution < -0.4 is 17.0 Å². The van der Waals surface area contributed by atoms with Gasteiger partial charge in [0.05, 0.1) is 0 Å². The Morgan fingerprint density at radius 1 is 1.19 bits per heavy atom. The van der Waals surface area contributed by atoms with Crippen LogP contribution in [0.25, 0.3) is 11.2 Å². The van der Waals surface area contributed by atoms with Gasteiger partial charge in [0.15, 0.2) is 11.2 Å². The molecule has 0 atom stereocenters. The van der Waals surface area contributed by atoms with Gasteiger partial charge in [-0.05, 0) is 20.8 Å². The average Bonchev–Trinajstić information content (AvgIpc) is 2.78. The topological polar surface area (TPSA) is 87.8 Å². The highest BCUT2D eigenvalue weighted by Gasteiger charge is 2.21. The number of nitrogens with two attached hydrogens (primary N) is 1. The van der Waals surface area contributed by atoms with Crippen LogP contribution in [-0.4, -0.2) is 24.2 Å². The van der Waals surface area contributed by atoms with Crippen LogP contribution in [0, 0.1) is 0 Å². The van der Waals surface area contributed by atoms with E-state index < -0.39 is 5.54 Å². The van der Waals surface area contributed by atoms with Gasteiger partial charge in [-0.15, -0.1) is 0 Å². The number of imidazole rings is 1. The third-order valence-corrected chi connectivity index (χ3v) is 3.51. The standard InChI is InChI=1S/C14H23N5O2/c1-6-9-16-11-10(18(9)7-2)12(20)19(8-14(3,4)15)13(21)17(11)5/h6-8,15H2,1-5H3. The van der Waals surface area contributed by atoms with Crippen LogP contribution in [0.5, 0.6) is 0 Å². The van der Waals surface area contributed by atoms with Crippen molar-refractivity contribution in [1.29, 1.82) is 0 Å². The van der Waals surface area contributed by atoms with Crippen molar-refractivity contribution in [3.8, 4) is 0 Å². The molecule has 0 aliphatic heterocycles. The maximum atomic E-state index is 12.7. The fourth-order valence-corrected chi connectivity index (χ4v) is 2.57. The largest absolute Gasteiger partial charge is 0.332 e. The lowest BCUT2D eigenvalue weighted by molar-refractivity contribution is 0.411. The summed E-state index contributed by atoms with van der Waals surface area (Å²) in [6.07, 6.45) is 0.707. The van der Waals surface area contributed by atoms with Gasteiger partial charge in [0.2, 0.25) is 0 Å². The summed E-state index contributed by atoms with van der Waals surface area (Å²) in [6, 6.07) is 0. The van der Waals surface area contributed by atoms with Gasteiger partial charge in [0, 0.05) is 32.1 Å². The van der Waals surface area contributed by atoms with E-state index in [0.29, 0.717) is 24.1 Å². The average molecular weight is 293 g/mol. The van der Waals surface area contributed by atoms with Crippen LogP contribution in [0.1, 0.15) is 33.5 Å². The number of hydrogen-bond donors (Lipinski definition) is 1. The lowest BCUT2D eigenvalue weighted by Gasteiger charge is -2.19. The van der Waals surface area contributed by atoms with Crippen molar-refractivity contribution in [2.45, 2.75) is 52.7 Å². The summed E-state index contributed by atoms with van der Waals surface area (Å²) in [5, 5.41) is 0. The van der Waals surface area contributed by atoms with Gasteiger partial charge in [0.25, 0.3) is 5.56 Å². The van der Waals surface area contributed by atoms with E-state index in [0.717, 1.165) is 5.82 Å². The first-order valence-electron chi connectivity index (χ1n) is 7.19. The molecule has 0 aliphatic rings. The Morgan fingerprint density at radius 3 is 2.29 bits per heavy atom. The van der Waals surface area contributed by atoms with E-state index in [2.05, 4.69) is 4.98 Å². The smallest absolute Gasteiger partial charge is 0.324 e. The fraction of sp³-hybridized carbons (Fsp3) is 0.643. The van der Waals surface area contributed by atoms with Crippen molar-refractivity contribution >= 4 is 11.2 Å². The summed E-state index contributed by atoms with van der Waals surface area (Å²) in [6.45, 7) is 8.33. The lowest BCUT2D eigenvalue weighted by atomic mass is 10.1. The first kappa shape index (κ1) is 15.5. The SMILES string of the molecule is CCc1nc2c(c(=O)n(CC(C)(C)N)c(=O)n2C)n1CC. The van der Waals surface area contributed by atoms with Crippen molar-refractivity contribution in [1.82, 2.24) is 18.7 Å². The van der Waals surface area contributed by atoms with E-state index >= 15 is 0 Å². The second-order valence-corrected chi connectivity index (χ2v) is 6.02. The van der Waals surface area contributed by atoms with E-state index in [1.54, 1.807) is 20.9 Å². The van der Waals surface area contributed by atoms with Crippen molar-refractivity contribution in [3.63, 3.8) is 0 Å². The highest BCUT2D eigenvalue weighted by Crippen LogP contribution is 2.12. The molecule has 7 heteroatoms. The summed E-state index contributed by atoms with van der Waals surface area (Å²) in [5.41, 5.74) is 5.54. The molecule has 21 heavy (non-hydrogen) atoms. The molecule has 0 unspecified atom stereocenters. The van der Waals surface area contributed by atoms with Crippen LogP contribution in [0.4, 0.5) is 0 Å². The Kier molecular flexibility index (Phi) is 3.79. The summed E-state index contributed by atoms with van der Waals surface area (Å²) in [5.74, 6) is 0.810. The summed E-state index contributed by atoms with van der Waals surface area (Å²) < 4.78 is 4.50. The van der Waals surface area contributed by atoms with Gasteiger partial charge in [-0.25, -0.2) is 9.78 Å². The number of hydrogen-bond acceptors (Lipinski definition) is 4. The van der Waals surface area contributed by atoms with E-state index in [9.17, 15) is 9.59 Å². The highest BCUT2D eigenvalue weighted by atomic mass is 16.2. The second kappa shape index (κ2) is 5.14. The van der Waals surface area contributed by atoms with Crippen molar-refractivity contribution in [2.75, 3.05) is 0 Å². The van der Waals surface area contributed by atoms with Gasteiger partial charge in [-0.2, -0.15) is 0 Å². The lowest BCUT2D eigenvalue weighted by Crippen LogP contribution is -2.48. The molecule has 0 bridgehead atoms. The molecule has 0 radical (unpaired) electrons. The first-order chi connectivity index (χ1) is 9.71. The van der Waals surface area contributed by atoms with Crippen molar-refractivity contribution in [2.24, 2.45) is 12.8 Å². The molecule has 0 saturated heterocycles. The zero-order valence-electron chi connectivity index (χ0n) is 13.3. The normalized spacial score (nSPS) is 12.3. The second-order valence-electron chi connectivity index (χ2n) is 6.02. The quantitative estimate of drug-likeness (QED) is 0.873. The minimum atomic E-state index is -0.645. The van der Waals surface area contributed by atoms with Crippen LogP contribution >= 0.6 is 0 Å². The van der Waals surface area contributed by atoms with Gasteiger partial charge < -0.3 is 10.3 Å². The minimum absolute atomic E-state index is 0.171. The number of rotatable bonds is 4. The Bertz CT molecular complexity index is 789. The molecule has 0 aliphatic carbocycles. The number of aryl methyl sites for hydroxylation is 3. The molecule has 2 rings (SSSR count). The van der Waals surface area contributed by atoms with Crippen LogP contribution in [-0.2, 0) is 26.6 Å². The van der Waals surface area contributed by atoms with Crippen molar-refractivity contribution in [3.05, 3.63) is 26.7 Å². The van der Waals surface area contributed by atoms with E-state index in [1.165, 1.54) is 9.13 Å². The van der Waals surface area contributed by atoms with E-state index in [4.69, 9.17) is 5.73 Å². The number of nitrogens with zero attached hydrogens (tertiary/aromatic N) is 4. The first-order valence-corrected chi connectivity index (χ1v) is 7.19. The third kappa shape index (κ3) is 2.53. The molecule has 0 spiro atoms. The monoisotopic (exact) mass is 293 g/mol. The Balaban J connectivity index is 2.91. The Morgan fingerprint density at radius 2 is 1.81 bits per heavy atom. The maximum absolute atomic E-state index is 12.7.